The van der Waals surface area contributed by atoms with Crippen LogP contribution in [0.4, 0.5) is 11.4 Å². The number of carbonyl (C=O) groups excluding carboxylic acids is 1. The lowest BCUT2D eigenvalue weighted by Gasteiger charge is -2.21. The number of hydrogen-bond donors (Lipinski definition) is 1. The van der Waals surface area contributed by atoms with Crippen LogP contribution in [0.25, 0.3) is 0 Å². The molecule has 5 heteroatoms. The molecule has 0 aliphatic rings. The van der Waals surface area contributed by atoms with Gasteiger partial charge in [0.2, 0.25) is 0 Å². The lowest BCUT2D eigenvalue weighted by molar-refractivity contribution is -0.118. The zero-order chi connectivity index (χ0) is 16.7. The van der Waals surface area contributed by atoms with E-state index in [4.69, 9.17) is 16.3 Å². The predicted octanol–water partition coefficient (Wildman–Crippen LogP) is 4.20. The van der Waals surface area contributed by atoms with Crippen molar-refractivity contribution in [3.05, 3.63) is 53.6 Å². The number of amides is 1. The summed E-state index contributed by atoms with van der Waals surface area (Å²) in [5.41, 5.74) is 1.88. The minimum atomic E-state index is -0.222. The van der Waals surface area contributed by atoms with Crippen LogP contribution < -0.4 is 15.0 Å². The van der Waals surface area contributed by atoms with Gasteiger partial charge in [0.05, 0.1) is 5.02 Å². The number of nitrogens with zero attached hydrogens (tertiary/aromatic N) is 1. The fourth-order valence-corrected chi connectivity index (χ4v) is 2.44. The molecule has 0 bridgehead atoms. The van der Waals surface area contributed by atoms with Gasteiger partial charge in [-0.1, -0.05) is 23.7 Å². The number of ether oxygens (including phenoxy) is 1. The van der Waals surface area contributed by atoms with Crippen molar-refractivity contribution in [1.82, 2.24) is 0 Å². The molecule has 0 radical (unpaired) electrons. The summed E-state index contributed by atoms with van der Waals surface area (Å²) in [4.78, 5) is 14.2. The summed E-state index contributed by atoms with van der Waals surface area (Å²) in [5, 5.41) is 3.30. The highest BCUT2D eigenvalue weighted by molar-refractivity contribution is 6.32. The molecule has 0 fully saturated rings. The van der Waals surface area contributed by atoms with Crippen LogP contribution >= 0.6 is 11.6 Å². The van der Waals surface area contributed by atoms with E-state index in [-0.39, 0.29) is 12.5 Å². The number of carbonyl (C=O) groups is 1. The van der Waals surface area contributed by atoms with E-state index < -0.39 is 0 Å². The Hall–Kier alpha value is -2.20. The van der Waals surface area contributed by atoms with Gasteiger partial charge >= 0.3 is 0 Å². The number of anilines is 2. The Morgan fingerprint density at radius 1 is 1.09 bits per heavy atom. The van der Waals surface area contributed by atoms with E-state index >= 15 is 0 Å². The molecule has 0 atom stereocenters. The van der Waals surface area contributed by atoms with Crippen LogP contribution in [0.1, 0.15) is 13.8 Å². The van der Waals surface area contributed by atoms with Gasteiger partial charge in [-0.25, -0.2) is 0 Å². The lowest BCUT2D eigenvalue weighted by Crippen LogP contribution is -2.22. The molecule has 2 aromatic carbocycles. The largest absolute Gasteiger partial charge is 0.482 e. The summed E-state index contributed by atoms with van der Waals surface area (Å²) < 4.78 is 5.42. The van der Waals surface area contributed by atoms with Gasteiger partial charge in [-0.05, 0) is 50.2 Å². The number of benzene rings is 2. The third-order valence-corrected chi connectivity index (χ3v) is 3.79. The first-order valence-corrected chi connectivity index (χ1v) is 8.04. The van der Waals surface area contributed by atoms with Gasteiger partial charge in [0.25, 0.3) is 5.91 Å². The van der Waals surface area contributed by atoms with E-state index in [0.29, 0.717) is 10.8 Å². The molecular formula is C18H21ClN2O2. The molecule has 1 N–H and O–H groups in total. The summed E-state index contributed by atoms with van der Waals surface area (Å²) in [7, 11) is 0. The predicted molar refractivity (Wildman–Crippen MR) is 95.6 cm³/mol. The lowest BCUT2D eigenvalue weighted by atomic mass is 10.2. The first-order valence-electron chi connectivity index (χ1n) is 7.66. The van der Waals surface area contributed by atoms with Crippen molar-refractivity contribution < 1.29 is 9.53 Å². The third kappa shape index (κ3) is 4.89. The molecule has 4 nitrogen and oxygen atoms in total. The Bertz CT molecular complexity index is 640. The molecule has 2 rings (SSSR count). The fourth-order valence-electron chi connectivity index (χ4n) is 2.25. The number of hydrogen-bond acceptors (Lipinski definition) is 3. The fraction of sp³-hybridized carbons (Fsp3) is 0.278. The van der Waals surface area contributed by atoms with E-state index in [0.717, 1.165) is 24.5 Å². The average Bonchev–Trinajstić information content (AvgIpc) is 2.57. The summed E-state index contributed by atoms with van der Waals surface area (Å²) >= 11 is 5.98. The Morgan fingerprint density at radius 2 is 1.74 bits per heavy atom. The summed E-state index contributed by atoms with van der Waals surface area (Å²) in [6.07, 6.45) is 0. The minimum absolute atomic E-state index is 0.0818. The van der Waals surface area contributed by atoms with Crippen LogP contribution in [0.5, 0.6) is 5.75 Å². The van der Waals surface area contributed by atoms with Gasteiger partial charge in [-0.2, -0.15) is 0 Å². The first kappa shape index (κ1) is 17.2. The van der Waals surface area contributed by atoms with Crippen LogP contribution in [-0.4, -0.2) is 25.6 Å². The molecular weight excluding hydrogens is 312 g/mol. The van der Waals surface area contributed by atoms with Crippen molar-refractivity contribution in [2.24, 2.45) is 0 Å². The number of para-hydroxylation sites is 1. The zero-order valence-corrected chi connectivity index (χ0v) is 14.1. The highest BCUT2D eigenvalue weighted by atomic mass is 35.5. The van der Waals surface area contributed by atoms with E-state index in [9.17, 15) is 4.79 Å². The van der Waals surface area contributed by atoms with Crippen molar-refractivity contribution in [1.29, 1.82) is 0 Å². The van der Waals surface area contributed by atoms with Gasteiger partial charge in [0.15, 0.2) is 6.61 Å². The van der Waals surface area contributed by atoms with E-state index in [1.807, 2.05) is 36.4 Å². The summed E-state index contributed by atoms with van der Waals surface area (Å²) in [5.74, 6) is 0.279. The average molecular weight is 333 g/mol. The van der Waals surface area contributed by atoms with E-state index in [2.05, 4.69) is 24.1 Å². The van der Waals surface area contributed by atoms with Gasteiger partial charge in [-0.3, -0.25) is 4.79 Å². The molecule has 0 aliphatic heterocycles. The molecule has 1 amide bonds. The maximum Gasteiger partial charge on any atom is 0.262 e. The zero-order valence-electron chi connectivity index (χ0n) is 13.4. The molecule has 0 heterocycles. The molecule has 23 heavy (non-hydrogen) atoms. The summed E-state index contributed by atoms with van der Waals surface area (Å²) in [6.45, 7) is 6.06. The monoisotopic (exact) mass is 332 g/mol. The SMILES string of the molecule is CCN(CC)c1ccc(NC(=O)COc2ccccc2Cl)cc1. The number of halogens is 1. The van der Waals surface area contributed by atoms with Gasteiger partial charge in [-0.15, -0.1) is 0 Å². The van der Waals surface area contributed by atoms with Crippen LogP contribution in [0.3, 0.4) is 0 Å². The molecule has 0 saturated heterocycles. The second kappa shape index (κ2) is 8.44. The van der Waals surface area contributed by atoms with Crippen LogP contribution in [0.2, 0.25) is 5.02 Å². The van der Waals surface area contributed by atoms with Crippen molar-refractivity contribution in [3.8, 4) is 5.75 Å². The molecule has 122 valence electrons. The van der Waals surface area contributed by atoms with Crippen molar-refractivity contribution in [3.63, 3.8) is 0 Å². The second-order valence-electron chi connectivity index (χ2n) is 4.99. The molecule has 0 aromatic heterocycles. The molecule has 0 aliphatic carbocycles. The maximum atomic E-state index is 11.9. The minimum Gasteiger partial charge on any atom is -0.482 e. The van der Waals surface area contributed by atoms with Crippen molar-refractivity contribution >= 4 is 28.9 Å². The third-order valence-electron chi connectivity index (χ3n) is 3.48. The molecule has 0 saturated carbocycles. The highest BCUT2D eigenvalue weighted by Crippen LogP contribution is 2.23. The Balaban J connectivity index is 1.89. The Kier molecular flexibility index (Phi) is 6.29. The molecule has 2 aromatic rings. The number of nitrogens with one attached hydrogen (secondary N) is 1. The van der Waals surface area contributed by atoms with E-state index in [1.165, 1.54) is 0 Å². The smallest absolute Gasteiger partial charge is 0.262 e. The van der Waals surface area contributed by atoms with Crippen LogP contribution in [0, 0.1) is 0 Å². The topological polar surface area (TPSA) is 41.6 Å². The Morgan fingerprint density at radius 3 is 2.35 bits per heavy atom. The van der Waals surface area contributed by atoms with Crippen LogP contribution in [-0.2, 0) is 4.79 Å². The molecule has 0 unspecified atom stereocenters. The van der Waals surface area contributed by atoms with Crippen molar-refractivity contribution in [2.45, 2.75) is 13.8 Å². The van der Waals surface area contributed by atoms with Crippen molar-refractivity contribution in [2.75, 3.05) is 29.9 Å². The highest BCUT2D eigenvalue weighted by Gasteiger charge is 2.07. The normalized spacial score (nSPS) is 10.2. The quantitative estimate of drug-likeness (QED) is 0.826. The first-order chi connectivity index (χ1) is 11.1. The van der Waals surface area contributed by atoms with Crippen LogP contribution in [0.15, 0.2) is 48.5 Å². The summed E-state index contributed by atoms with van der Waals surface area (Å²) in [6, 6.07) is 14.9. The number of rotatable bonds is 7. The van der Waals surface area contributed by atoms with Gasteiger partial charge in [0, 0.05) is 24.5 Å². The molecule has 0 spiro atoms. The second-order valence-corrected chi connectivity index (χ2v) is 5.39. The standard InChI is InChI=1S/C18H21ClN2O2/c1-3-21(4-2)15-11-9-14(10-12-15)20-18(22)13-23-17-8-6-5-7-16(17)19/h5-12H,3-4,13H2,1-2H3,(H,20,22). The van der Waals surface area contributed by atoms with Gasteiger partial charge in [0.1, 0.15) is 5.75 Å². The Labute approximate surface area is 142 Å². The van der Waals surface area contributed by atoms with E-state index in [1.54, 1.807) is 12.1 Å². The van der Waals surface area contributed by atoms with Gasteiger partial charge < -0.3 is 15.0 Å². The maximum absolute atomic E-state index is 11.9.